The number of amides is 3. The van der Waals surface area contributed by atoms with Crippen molar-refractivity contribution in [1.82, 2.24) is 14.8 Å². The Kier molecular flexibility index (Phi) is 5.55. The first-order valence-electron chi connectivity index (χ1n) is 10.3. The van der Waals surface area contributed by atoms with Gasteiger partial charge in [0.2, 0.25) is 0 Å². The first-order chi connectivity index (χ1) is 14.4. The SMILES string of the molecule is COCCCn1c(C)cc(C(=O)CN2C(=O)NC3(CCCc4sccc43)C2=O)c1C. The van der Waals surface area contributed by atoms with Crippen LogP contribution in [-0.4, -0.2) is 47.4 Å². The summed E-state index contributed by atoms with van der Waals surface area (Å²) in [4.78, 5) is 41.3. The smallest absolute Gasteiger partial charge is 0.325 e. The maximum absolute atomic E-state index is 13.3. The molecule has 8 heteroatoms. The summed E-state index contributed by atoms with van der Waals surface area (Å²) in [7, 11) is 1.67. The number of carbonyl (C=O) groups excluding carboxylic acids is 3. The van der Waals surface area contributed by atoms with E-state index in [0.29, 0.717) is 18.6 Å². The van der Waals surface area contributed by atoms with Crippen molar-refractivity contribution in [1.29, 1.82) is 0 Å². The molecule has 30 heavy (non-hydrogen) atoms. The van der Waals surface area contributed by atoms with Crippen LogP contribution in [0.15, 0.2) is 17.5 Å². The van der Waals surface area contributed by atoms with Crippen LogP contribution in [0, 0.1) is 13.8 Å². The molecule has 0 saturated carbocycles. The molecule has 1 aliphatic carbocycles. The Balaban J connectivity index is 1.54. The molecule has 160 valence electrons. The standard InChI is InChI=1S/C22H27N3O4S/c1-14-12-16(15(2)24(14)9-5-10-29-3)18(26)13-25-20(27)22(23-21(25)28)8-4-6-19-17(22)7-11-30-19/h7,11-12H,4-6,8-10,13H2,1-3H3,(H,23,28). The largest absolute Gasteiger partial charge is 0.385 e. The van der Waals surface area contributed by atoms with Gasteiger partial charge in [-0.2, -0.15) is 0 Å². The lowest BCUT2D eigenvalue weighted by molar-refractivity contribution is -0.131. The molecule has 3 heterocycles. The van der Waals surface area contributed by atoms with Crippen molar-refractivity contribution in [3.63, 3.8) is 0 Å². The number of rotatable bonds is 7. The van der Waals surface area contributed by atoms with E-state index in [1.54, 1.807) is 18.4 Å². The molecule has 1 aliphatic heterocycles. The third-order valence-electron chi connectivity index (χ3n) is 6.24. The average molecular weight is 430 g/mol. The van der Waals surface area contributed by atoms with Gasteiger partial charge in [-0.3, -0.25) is 14.5 Å². The highest BCUT2D eigenvalue weighted by atomic mass is 32.1. The van der Waals surface area contributed by atoms with E-state index in [1.165, 1.54) is 0 Å². The summed E-state index contributed by atoms with van der Waals surface area (Å²) < 4.78 is 7.20. The Bertz CT molecular complexity index is 1010. The molecular weight excluding hydrogens is 402 g/mol. The molecule has 2 aromatic rings. The Morgan fingerprint density at radius 3 is 2.90 bits per heavy atom. The van der Waals surface area contributed by atoms with Gasteiger partial charge in [-0.1, -0.05) is 0 Å². The van der Waals surface area contributed by atoms with E-state index >= 15 is 0 Å². The number of aromatic nitrogens is 1. The summed E-state index contributed by atoms with van der Waals surface area (Å²) in [5, 5.41) is 4.87. The molecule has 1 spiro atoms. The molecule has 1 fully saturated rings. The van der Waals surface area contributed by atoms with E-state index < -0.39 is 11.6 Å². The van der Waals surface area contributed by atoms with E-state index in [2.05, 4.69) is 9.88 Å². The molecule has 1 atom stereocenters. The van der Waals surface area contributed by atoms with Crippen LogP contribution in [0.2, 0.25) is 0 Å². The lowest BCUT2D eigenvalue weighted by Crippen LogP contribution is -2.46. The number of nitrogens with zero attached hydrogens (tertiary/aromatic N) is 2. The topological polar surface area (TPSA) is 80.6 Å². The number of ketones is 1. The van der Waals surface area contributed by atoms with Gasteiger partial charge < -0.3 is 14.6 Å². The van der Waals surface area contributed by atoms with Gasteiger partial charge in [0.25, 0.3) is 5.91 Å². The molecule has 1 saturated heterocycles. The van der Waals surface area contributed by atoms with Crippen molar-refractivity contribution in [2.24, 2.45) is 0 Å². The number of carbonyl (C=O) groups is 3. The normalized spacial score (nSPS) is 20.7. The maximum atomic E-state index is 13.3. The summed E-state index contributed by atoms with van der Waals surface area (Å²) in [5.74, 6) is -0.530. The van der Waals surface area contributed by atoms with E-state index in [0.717, 1.165) is 52.5 Å². The van der Waals surface area contributed by atoms with Gasteiger partial charge in [-0.05, 0) is 57.0 Å². The van der Waals surface area contributed by atoms with Gasteiger partial charge >= 0.3 is 6.03 Å². The number of urea groups is 1. The Morgan fingerprint density at radius 2 is 2.13 bits per heavy atom. The van der Waals surface area contributed by atoms with Crippen LogP contribution in [-0.2, 0) is 28.0 Å². The number of imide groups is 1. The molecule has 1 unspecified atom stereocenters. The zero-order chi connectivity index (χ0) is 21.5. The zero-order valence-electron chi connectivity index (χ0n) is 17.6. The summed E-state index contributed by atoms with van der Waals surface area (Å²) in [6, 6.07) is 3.29. The third-order valence-corrected chi connectivity index (χ3v) is 7.22. The number of nitrogens with one attached hydrogen (secondary N) is 1. The predicted molar refractivity (Wildman–Crippen MR) is 114 cm³/mol. The minimum absolute atomic E-state index is 0.219. The summed E-state index contributed by atoms with van der Waals surface area (Å²) >= 11 is 1.62. The number of fused-ring (bicyclic) bond motifs is 2. The number of hydrogen-bond acceptors (Lipinski definition) is 5. The number of aryl methyl sites for hydroxylation is 2. The van der Waals surface area contributed by atoms with E-state index in [4.69, 9.17) is 4.74 Å². The first kappa shape index (κ1) is 20.8. The Hall–Kier alpha value is -2.45. The lowest BCUT2D eigenvalue weighted by Gasteiger charge is -2.31. The van der Waals surface area contributed by atoms with Crippen molar-refractivity contribution in [2.75, 3.05) is 20.3 Å². The molecule has 2 aliphatic rings. The minimum Gasteiger partial charge on any atom is -0.385 e. The van der Waals surface area contributed by atoms with Gasteiger partial charge in [-0.25, -0.2) is 4.79 Å². The fourth-order valence-electron chi connectivity index (χ4n) is 4.71. The third kappa shape index (κ3) is 3.28. The lowest BCUT2D eigenvalue weighted by atomic mass is 9.80. The average Bonchev–Trinajstić information content (AvgIpc) is 3.37. The highest BCUT2D eigenvalue weighted by Gasteiger charge is 2.54. The van der Waals surface area contributed by atoms with Gasteiger partial charge in [0.05, 0.1) is 6.54 Å². The number of ether oxygens (including phenoxy) is 1. The van der Waals surface area contributed by atoms with Crippen molar-refractivity contribution < 1.29 is 19.1 Å². The van der Waals surface area contributed by atoms with Crippen LogP contribution in [0.4, 0.5) is 4.79 Å². The van der Waals surface area contributed by atoms with E-state index in [-0.39, 0.29) is 18.2 Å². The van der Waals surface area contributed by atoms with Gasteiger partial charge in [-0.15, -0.1) is 11.3 Å². The molecule has 1 N–H and O–H groups in total. The number of thiophene rings is 1. The molecule has 3 amide bonds. The van der Waals surface area contributed by atoms with Crippen molar-refractivity contribution in [3.05, 3.63) is 44.9 Å². The van der Waals surface area contributed by atoms with Crippen LogP contribution in [0.3, 0.4) is 0 Å². The molecule has 0 radical (unpaired) electrons. The zero-order valence-corrected chi connectivity index (χ0v) is 18.4. The minimum atomic E-state index is -1.01. The van der Waals surface area contributed by atoms with Crippen LogP contribution in [0.1, 0.15) is 51.4 Å². The van der Waals surface area contributed by atoms with Crippen molar-refractivity contribution in [2.45, 2.75) is 51.6 Å². The molecule has 0 aromatic carbocycles. The highest BCUT2D eigenvalue weighted by molar-refractivity contribution is 7.10. The predicted octanol–water partition coefficient (Wildman–Crippen LogP) is 3.17. The molecule has 4 rings (SSSR count). The van der Waals surface area contributed by atoms with Gasteiger partial charge in [0.1, 0.15) is 5.54 Å². The molecule has 2 aromatic heterocycles. The van der Waals surface area contributed by atoms with Crippen molar-refractivity contribution >= 4 is 29.1 Å². The first-order valence-corrected chi connectivity index (χ1v) is 11.2. The van der Waals surface area contributed by atoms with Crippen molar-refractivity contribution in [3.8, 4) is 0 Å². The Labute approximate surface area is 180 Å². The summed E-state index contributed by atoms with van der Waals surface area (Å²) in [6.07, 6.45) is 3.18. The van der Waals surface area contributed by atoms with Crippen LogP contribution in [0.25, 0.3) is 0 Å². The Morgan fingerprint density at radius 1 is 1.33 bits per heavy atom. The molecule has 0 bridgehead atoms. The van der Waals surface area contributed by atoms with E-state index in [9.17, 15) is 14.4 Å². The highest BCUT2D eigenvalue weighted by Crippen LogP contribution is 2.42. The van der Waals surface area contributed by atoms with Gasteiger partial charge in [0.15, 0.2) is 5.78 Å². The number of methoxy groups -OCH3 is 1. The number of Topliss-reactive ketones (excluding diaryl/α,β-unsaturated/α-hetero) is 1. The van der Waals surface area contributed by atoms with Gasteiger partial charge in [0, 0.05) is 47.7 Å². The summed E-state index contributed by atoms with van der Waals surface area (Å²) in [5.41, 5.74) is 2.28. The van der Waals surface area contributed by atoms with E-state index in [1.807, 2.05) is 31.4 Å². The second-order valence-corrected chi connectivity index (χ2v) is 9.04. The van der Waals surface area contributed by atoms with Crippen LogP contribution >= 0.6 is 11.3 Å². The fourth-order valence-corrected chi connectivity index (χ4v) is 5.71. The number of hydrogen-bond donors (Lipinski definition) is 1. The maximum Gasteiger partial charge on any atom is 0.325 e. The molecule has 7 nitrogen and oxygen atoms in total. The second kappa shape index (κ2) is 8.00. The fraction of sp³-hybridized carbons (Fsp3) is 0.500. The molecular formula is C22H27N3O4S. The van der Waals surface area contributed by atoms with Crippen LogP contribution < -0.4 is 5.32 Å². The monoisotopic (exact) mass is 429 g/mol. The summed E-state index contributed by atoms with van der Waals surface area (Å²) in [6.45, 7) is 5.02. The van der Waals surface area contributed by atoms with Crippen LogP contribution in [0.5, 0.6) is 0 Å². The second-order valence-electron chi connectivity index (χ2n) is 8.04. The quantitative estimate of drug-likeness (QED) is 0.416.